The zero-order valence-electron chi connectivity index (χ0n) is 12.3. The summed E-state index contributed by atoms with van der Waals surface area (Å²) in [6.45, 7) is 2.96. The van der Waals surface area contributed by atoms with E-state index in [0.717, 1.165) is 28.9 Å². The fourth-order valence-electron chi connectivity index (χ4n) is 3.27. The van der Waals surface area contributed by atoms with Gasteiger partial charge in [-0.05, 0) is 43.5 Å². The Bertz CT molecular complexity index is 415. The Morgan fingerprint density at radius 3 is 2.75 bits per heavy atom. The van der Waals surface area contributed by atoms with E-state index < -0.39 is 0 Å². The molecule has 1 unspecified atom stereocenters. The van der Waals surface area contributed by atoms with Gasteiger partial charge >= 0.3 is 0 Å². The van der Waals surface area contributed by atoms with Crippen LogP contribution in [0.2, 0.25) is 0 Å². The maximum atomic E-state index is 14.0. The van der Waals surface area contributed by atoms with Crippen LogP contribution in [0.25, 0.3) is 0 Å². The van der Waals surface area contributed by atoms with Crippen molar-refractivity contribution in [3.63, 3.8) is 0 Å². The van der Waals surface area contributed by atoms with E-state index in [1.165, 1.54) is 38.5 Å². The first-order valence-electron chi connectivity index (χ1n) is 7.89. The smallest absolute Gasteiger partial charge is 0.128 e. The van der Waals surface area contributed by atoms with Crippen molar-refractivity contribution in [3.05, 3.63) is 34.1 Å². The average Bonchev–Trinajstić information content (AvgIpc) is 2.47. The summed E-state index contributed by atoms with van der Waals surface area (Å²) in [6, 6.07) is 5.39. The van der Waals surface area contributed by atoms with E-state index >= 15 is 0 Å². The van der Waals surface area contributed by atoms with Crippen LogP contribution in [0.3, 0.4) is 0 Å². The first-order valence-corrected chi connectivity index (χ1v) is 8.68. The number of hydrogen-bond acceptors (Lipinski definition) is 1. The molecule has 1 aliphatic rings. The highest BCUT2D eigenvalue weighted by molar-refractivity contribution is 9.10. The monoisotopic (exact) mass is 341 g/mol. The molecule has 20 heavy (non-hydrogen) atoms. The summed E-state index contributed by atoms with van der Waals surface area (Å²) in [5.41, 5.74) is 0.803. The molecule has 1 aromatic rings. The Morgan fingerprint density at radius 1 is 1.30 bits per heavy atom. The summed E-state index contributed by atoms with van der Waals surface area (Å²) < 4.78 is 15.0. The van der Waals surface area contributed by atoms with Crippen LogP contribution >= 0.6 is 15.9 Å². The van der Waals surface area contributed by atoms with Crippen molar-refractivity contribution >= 4 is 15.9 Å². The van der Waals surface area contributed by atoms with Gasteiger partial charge in [-0.15, -0.1) is 0 Å². The van der Waals surface area contributed by atoms with E-state index in [4.69, 9.17) is 0 Å². The molecule has 3 heteroatoms. The minimum Gasteiger partial charge on any atom is -0.310 e. The lowest BCUT2D eigenvalue weighted by molar-refractivity contribution is 0.313. The molecular weight excluding hydrogens is 317 g/mol. The number of benzene rings is 1. The second-order valence-corrected chi connectivity index (χ2v) is 6.77. The first-order chi connectivity index (χ1) is 9.70. The minimum absolute atomic E-state index is 0.0946. The molecule has 1 fully saturated rings. The molecule has 0 amide bonds. The van der Waals surface area contributed by atoms with Gasteiger partial charge in [0.1, 0.15) is 5.82 Å². The van der Waals surface area contributed by atoms with Gasteiger partial charge in [-0.3, -0.25) is 0 Å². The topological polar surface area (TPSA) is 12.0 Å². The Hall–Kier alpha value is -0.410. The van der Waals surface area contributed by atoms with Gasteiger partial charge < -0.3 is 5.32 Å². The zero-order chi connectivity index (χ0) is 14.4. The van der Waals surface area contributed by atoms with Gasteiger partial charge in [-0.2, -0.15) is 0 Å². The standard InChI is InChI=1S/C17H25BrFN/c1-2-20-17(11-8-13-6-4-3-5-7-13)15-12-14(18)9-10-16(15)19/h9-10,12-13,17,20H,2-8,11H2,1H3. The van der Waals surface area contributed by atoms with Crippen LogP contribution in [0.1, 0.15) is 63.5 Å². The Kier molecular flexibility index (Phi) is 6.50. The molecule has 1 aromatic carbocycles. The summed E-state index contributed by atoms with van der Waals surface area (Å²) >= 11 is 3.45. The van der Waals surface area contributed by atoms with Crippen molar-refractivity contribution in [1.82, 2.24) is 5.32 Å². The SMILES string of the molecule is CCNC(CCC1CCCCC1)c1cc(Br)ccc1F. The average molecular weight is 342 g/mol. The molecule has 0 radical (unpaired) electrons. The van der Waals surface area contributed by atoms with Gasteiger partial charge in [0.2, 0.25) is 0 Å². The van der Waals surface area contributed by atoms with Crippen molar-refractivity contribution < 1.29 is 4.39 Å². The molecule has 0 aliphatic heterocycles. The van der Waals surface area contributed by atoms with Gasteiger partial charge in [-0.25, -0.2) is 4.39 Å². The van der Waals surface area contributed by atoms with Crippen LogP contribution < -0.4 is 5.32 Å². The maximum Gasteiger partial charge on any atom is 0.128 e. The van der Waals surface area contributed by atoms with Gasteiger partial charge in [0.15, 0.2) is 0 Å². The van der Waals surface area contributed by atoms with Crippen LogP contribution in [0, 0.1) is 11.7 Å². The van der Waals surface area contributed by atoms with Crippen molar-refractivity contribution in [2.75, 3.05) is 6.54 Å². The molecule has 0 bridgehead atoms. The van der Waals surface area contributed by atoms with Gasteiger partial charge in [-0.1, -0.05) is 55.0 Å². The lowest BCUT2D eigenvalue weighted by Gasteiger charge is -2.25. The van der Waals surface area contributed by atoms with Gasteiger partial charge in [0.25, 0.3) is 0 Å². The maximum absolute atomic E-state index is 14.0. The van der Waals surface area contributed by atoms with E-state index in [1.54, 1.807) is 12.1 Å². The third-order valence-electron chi connectivity index (χ3n) is 4.37. The van der Waals surface area contributed by atoms with Gasteiger partial charge in [0.05, 0.1) is 0 Å². The summed E-state index contributed by atoms with van der Waals surface area (Å²) in [5, 5.41) is 3.45. The van der Waals surface area contributed by atoms with E-state index in [2.05, 4.69) is 28.2 Å². The number of rotatable bonds is 6. The van der Waals surface area contributed by atoms with E-state index in [1.807, 2.05) is 6.07 Å². The lowest BCUT2D eigenvalue weighted by Crippen LogP contribution is -2.23. The normalized spacial score (nSPS) is 18.1. The van der Waals surface area contributed by atoms with Crippen LogP contribution in [0.15, 0.2) is 22.7 Å². The second kappa shape index (κ2) is 8.14. The Labute approximate surface area is 130 Å². The van der Waals surface area contributed by atoms with Gasteiger partial charge in [0, 0.05) is 16.1 Å². The lowest BCUT2D eigenvalue weighted by atomic mass is 9.84. The van der Waals surface area contributed by atoms with E-state index in [0.29, 0.717) is 0 Å². The molecule has 1 atom stereocenters. The molecule has 0 saturated heterocycles. The zero-order valence-corrected chi connectivity index (χ0v) is 13.9. The predicted molar refractivity (Wildman–Crippen MR) is 86.3 cm³/mol. The molecule has 1 aliphatic carbocycles. The summed E-state index contributed by atoms with van der Waals surface area (Å²) in [7, 11) is 0. The molecule has 2 rings (SSSR count). The third kappa shape index (κ3) is 4.56. The summed E-state index contributed by atoms with van der Waals surface area (Å²) in [5.74, 6) is 0.753. The minimum atomic E-state index is -0.0946. The van der Waals surface area contributed by atoms with Crippen molar-refractivity contribution in [3.8, 4) is 0 Å². The largest absolute Gasteiger partial charge is 0.310 e. The second-order valence-electron chi connectivity index (χ2n) is 5.86. The summed E-state index contributed by atoms with van der Waals surface area (Å²) in [6.07, 6.45) is 9.12. The fourth-order valence-corrected chi connectivity index (χ4v) is 3.65. The quantitative estimate of drug-likeness (QED) is 0.710. The highest BCUT2D eigenvalue weighted by atomic mass is 79.9. The van der Waals surface area contributed by atoms with Crippen LogP contribution in [0.4, 0.5) is 4.39 Å². The molecule has 0 spiro atoms. The van der Waals surface area contributed by atoms with Crippen LogP contribution in [-0.4, -0.2) is 6.54 Å². The molecule has 0 heterocycles. The van der Waals surface area contributed by atoms with Crippen LogP contribution in [0.5, 0.6) is 0 Å². The van der Waals surface area contributed by atoms with E-state index in [-0.39, 0.29) is 11.9 Å². The summed E-state index contributed by atoms with van der Waals surface area (Å²) in [4.78, 5) is 0. The molecule has 1 N–H and O–H groups in total. The molecule has 0 aromatic heterocycles. The first kappa shape index (κ1) is 16.0. The predicted octanol–water partition coefficient (Wildman–Crippen LogP) is 5.60. The molecule has 1 saturated carbocycles. The third-order valence-corrected chi connectivity index (χ3v) is 4.87. The Balaban J connectivity index is 2.00. The van der Waals surface area contributed by atoms with Crippen molar-refractivity contribution in [1.29, 1.82) is 0 Å². The highest BCUT2D eigenvalue weighted by Crippen LogP contribution is 2.31. The van der Waals surface area contributed by atoms with Crippen molar-refractivity contribution in [2.45, 2.75) is 57.9 Å². The molecule has 112 valence electrons. The molecule has 1 nitrogen and oxygen atoms in total. The number of nitrogens with one attached hydrogen (secondary N) is 1. The number of hydrogen-bond donors (Lipinski definition) is 1. The highest BCUT2D eigenvalue weighted by Gasteiger charge is 2.19. The van der Waals surface area contributed by atoms with Crippen LogP contribution in [-0.2, 0) is 0 Å². The molecular formula is C17H25BrFN. The number of halogens is 2. The Morgan fingerprint density at radius 2 is 2.05 bits per heavy atom. The van der Waals surface area contributed by atoms with Crippen molar-refractivity contribution in [2.24, 2.45) is 5.92 Å². The van der Waals surface area contributed by atoms with E-state index in [9.17, 15) is 4.39 Å². The fraction of sp³-hybridized carbons (Fsp3) is 0.647.